The highest BCUT2D eigenvalue weighted by molar-refractivity contribution is 6.39. The summed E-state index contributed by atoms with van der Waals surface area (Å²) >= 11 is 12.6. The van der Waals surface area contributed by atoms with E-state index in [1.165, 1.54) is 30.7 Å². The normalized spacial score (nSPS) is 13.7. The van der Waals surface area contributed by atoms with E-state index in [1.54, 1.807) is 0 Å². The fourth-order valence-corrected chi connectivity index (χ4v) is 4.05. The van der Waals surface area contributed by atoms with Crippen LogP contribution in [0.15, 0.2) is 36.8 Å². The Labute approximate surface area is 211 Å². The van der Waals surface area contributed by atoms with E-state index in [2.05, 4.69) is 30.7 Å². The predicted molar refractivity (Wildman–Crippen MR) is 125 cm³/mol. The van der Waals surface area contributed by atoms with Crippen molar-refractivity contribution >= 4 is 51.7 Å². The number of rotatable bonds is 6. The molecule has 5 rings (SSSR count). The summed E-state index contributed by atoms with van der Waals surface area (Å²) < 4.78 is 41.1. The third kappa shape index (κ3) is 4.61. The zero-order valence-electron chi connectivity index (χ0n) is 18.2. The van der Waals surface area contributed by atoms with Crippen molar-refractivity contribution in [2.24, 2.45) is 5.92 Å². The molecule has 1 aliphatic rings. The van der Waals surface area contributed by atoms with Crippen LogP contribution in [0.1, 0.15) is 39.4 Å². The minimum absolute atomic E-state index is 0.0173. The number of carbonyl (C=O) groups excluding carboxylic acids is 2. The van der Waals surface area contributed by atoms with Crippen LogP contribution in [0, 0.1) is 5.92 Å². The summed E-state index contributed by atoms with van der Waals surface area (Å²) in [5.41, 5.74) is -1.23. The number of aromatic amines is 1. The molecule has 0 bridgehead atoms. The number of halogens is 5. The summed E-state index contributed by atoms with van der Waals surface area (Å²) in [5.74, 6) is -1.33. The van der Waals surface area contributed by atoms with Gasteiger partial charge in [0.15, 0.2) is 11.5 Å². The molecular formula is C22H16Cl2F3N7O2. The maximum atomic E-state index is 13.5. The molecule has 3 heterocycles. The number of carbonyl (C=O) groups is 2. The van der Waals surface area contributed by atoms with Gasteiger partial charge in [-0.05, 0) is 37.0 Å². The fraction of sp³-hybridized carbons (Fsp3) is 0.227. The minimum atomic E-state index is -4.85. The van der Waals surface area contributed by atoms with Crippen molar-refractivity contribution in [2.45, 2.75) is 19.0 Å². The van der Waals surface area contributed by atoms with Gasteiger partial charge in [0.2, 0.25) is 0 Å². The highest BCUT2D eigenvalue weighted by Crippen LogP contribution is 2.35. The molecule has 0 saturated heterocycles. The minimum Gasteiger partial charge on any atom is -0.352 e. The quantitative estimate of drug-likeness (QED) is 0.324. The third-order valence-electron chi connectivity index (χ3n) is 5.56. The van der Waals surface area contributed by atoms with E-state index >= 15 is 0 Å². The molecule has 186 valence electrons. The second kappa shape index (κ2) is 9.10. The molecule has 1 aromatic carbocycles. The predicted octanol–water partition coefficient (Wildman–Crippen LogP) is 4.86. The Kier molecular flexibility index (Phi) is 6.08. The van der Waals surface area contributed by atoms with Crippen LogP contribution in [0.3, 0.4) is 0 Å². The topological polar surface area (TPSA) is 118 Å². The molecule has 1 saturated carbocycles. The van der Waals surface area contributed by atoms with Crippen molar-refractivity contribution in [1.29, 1.82) is 0 Å². The number of anilines is 1. The fourth-order valence-electron chi connectivity index (χ4n) is 3.55. The zero-order chi connectivity index (χ0) is 25.6. The number of benzene rings is 1. The highest BCUT2D eigenvalue weighted by atomic mass is 35.5. The first-order valence-corrected chi connectivity index (χ1v) is 11.4. The number of fused-ring (bicyclic) bond motifs is 1. The van der Waals surface area contributed by atoms with Crippen molar-refractivity contribution < 1.29 is 22.8 Å². The van der Waals surface area contributed by atoms with Gasteiger partial charge >= 0.3 is 6.18 Å². The molecular weight excluding hydrogens is 522 g/mol. The summed E-state index contributed by atoms with van der Waals surface area (Å²) in [5, 5.41) is 8.68. The molecule has 0 unspecified atom stereocenters. The van der Waals surface area contributed by atoms with Crippen molar-refractivity contribution in [3.8, 4) is 5.82 Å². The Hall–Kier alpha value is -3.64. The molecule has 9 nitrogen and oxygen atoms in total. The summed E-state index contributed by atoms with van der Waals surface area (Å²) in [7, 11) is 0. The molecule has 4 aromatic rings. The largest absolute Gasteiger partial charge is 0.435 e. The van der Waals surface area contributed by atoms with Crippen LogP contribution in [0.5, 0.6) is 0 Å². The summed E-state index contributed by atoms with van der Waals surface area (Å²) in [6.45, 7) is 0.449. The van der Waals surface area contributed by atoms with Gasteiger partial charge in [-0.25, -0.2) is 14.6 Å². The van der Waals surface area contributed by atoms with Crippen molar-refractivity contribution in [3.63, 3.8) is 0 Å². The molecule has 0 aliphatic heterocycles. The summed E-state index contributed by atoms with van der Waals surface area (Å²) in [6, 6.07) is 4.89. The molecule has 3 N–H and O–H groups in total. The highest BCUT2D eigenvalue weighted by Gasteiger charge is 2.37. The molecule has 3 aromatic heterocycles. The first-order valence-electron chi connectivity index (χ1n) is 10.7. The van der Waals surface area contributed by atoms with E-state index in [-0.39, 0.29) is 32.6 Å². The van der Waals surface area contributed by atoms with Gasteiger partial charge in [0, 0.05) is 18.8 Å². The van der Waals surface area contributed by atoms with Gasteiger partial charge in [-0.15, -0.1) is 0 Å². The van der Waals surface area contributed by atoms with Crippen LogP contribution in [0.2, 0.25) is 10.0 Å². The van der Waals surface area contributed by atoms with E-state index in [4.69, 9.17) is 23.2 Å². The van der Waals surface area contributed by atoms with E-state index in [0.29, 0.717) is 28.7 Å². The lowest BCUT2D eigenvalue weighted by Gasteiger charge is -2.14. The van der Waals surface area contributed by atoms with Gasteiger partial charge in [-0.2, -0.15) is 18.3 Å². The van der Waals surface area contributed by atoms with Crippen LogP contribution >= 0.6 is 23.2 Å². The van der Waals surface area contributed by atoms with Crippen molar-refractivity contribution in [1.82, 2.24) is 30.0 Å². The zero-order valence-corrected chi connectivity index (χ0v) is 19.7. The number of hydrogen-bond acceptors (Lipinski definition) is 5. The standard InChI is InChI=1S/C22H16Cl2F3N7O2/c23-12-2-1-5-28-19(12)34-14(7-15(33-34)22(25,26)27)21(36)32-17-11(20(35)29-8-10-3-4-10)6-13-18(16(17)24)31-9-30-13/h1-2,5-7,9-10H,3-4,8H2,(H,29,35)(H,30,31)(H,32,36). The number of hydrogen-bond donors (Lipinski definition) is 3. The van der Waals surface area contributed by atoms with Crippen molar-refractivity contribution in [3.05, 3.63) is 63.8 Å². The Morgan fingerprint density at radius 2 is 1.94 bits per heavy atom. The number of nitrogens with zero attached hydrogens (tertiary/aromatic N) is 4. The molecule has 1 aliphatic carbocycles. The van der Waals surface area contributed by atoms with Gasteiger partial charge in [0.1, 0.15) is 11.2 Å². The number of alkyl halides is 3. The first kappa shape index (κ1) is 24.1. The maximum absolute atomic E-state index is 13.5. The molecule has 0 radical (unpaired) electrons. The summed E-state index contributed by atoms with van der Waals surface area (Å²) in [6.07, 6.45) is -0.178. The van der Waals surface area contributed by atoms with Gasteiger partial charge in [0.25, 0.3) is 11.8 Å². The lowest BCUT2D eigenvalue weighted by Crippen LogP contribution is -2.27. The number of amides is 2. The van der Waals surface area contributed by atoms with Crippen LogP contribution in [0.25, 0.3) is 16.9 Å². The number of aromatic nitrogens is 5. The molecule has 0 spiro atoms. The SMILES string of the molecule is O=C(NCC1CC1)c1cc2[nH]cnc2c(Cl)c1NC(=O)c1cc(C(F)(F)F)nn1-c1ncccc1Cl. The average molecular weight is 538 g/mol. The Morgan fingerprint density at radius 1 is 1.17 bits per heavy atom. The monoisotopic (exact) mass is 537 g/mol. The molecule has 36 heavy (non-hydrogen) atoms. The maximum Gasteiger partial charge on any atom is 0.435 e. The second-order valence-corrected chi connectivity index (χ2v) is 8.94. The Bertz CT molecular complexity index is 1490. The lowest BCUT2D eigenvalue weighted by molar-refractivity contribution is -0.141. The number of H-pyrrole nitrogens is 1. The van der Waals surface area contributed by atoms with Gasteiger partial charge in [0.05, 0.1) is 33.1 Å². The van der Waals surface area contributed by atoms with Crippen LogP contribution in [-0.4, -0.2) is 43.1 Å². The van der Waals surface area contributed by atoms with Gasteiger partial charge in [-0.3, -0.25) is 9.59 Å². The smallest absolute Gasteiger partial charge is 0.352 e. The van der Waals surface area contributed by atoms with Crippen LogP contribution in [0.4, 0.5) is 18.9 Å². The molecule has 14 heteroatoms. The van der Waals surface area contributed by atoms with Gasteiger partial charge < -0.3 is 15.6 Å². The number of pyridine rings is 1. The van der Waals surface area contributed by atoms with Crippen LogP contribution in [-0.2, 0) is 6.18 Å². The van der Waals surface area contributed by atoms with Crippen LogP contribution < -0.4 is 10.6 Å². The van der Waals surface area contributed by atoms with E-state index < -0.39 is 29.4 Å². The second-order valence-electron chi connectivity index (χ2n) is 8.15. The van der Waals surface area contributed by atoms with Gasteiger partial charge in [-0.1, -0.05) is 23.2 Å². The third-order valence-corrected chi connectivity index (χ3v) is 6.22. The first-order chi connectivity index (χ1) is 17.1. The van der Waals surface area contributed by atoms with Crippen molar-refractivity contribution in [2.75, 3.05) is 11.9 Å². The Morgan fingerprint density at radius 3 is 2.64 bits per heavy atom. The molecule has 0 atom stereocenters. The number of nitrogens with one attached hydrogen (secondary N) is 3. The van der Waals surface area contributed by atoms with E-state index in [0.717, 1.165) is 12.8 Å². The average Bonchev–Trinajstić information content (AvgIpc) is 3.34. The molecule has 2 amide bonds. The van der Waals surface area contributed by atoms with E-state index in [1.807, 2.05) is 0 Å². The number of imidazole rings is 1. The molecule has 1 fully saturated rings. The summed E-state index contributed by atoms with van der Waals surface area (Å²) in [4.78, 5) is 37.2. The van der Waals surface area contributed by atoms with E-state index in [9.17, 15) is 22.8 Å². The lowest BCUT2D eigenvalue weighted by atomic mass is 10.1. The Balaban J connectivity index is 1.57.